The summed E-state index contributed by atoms with van der Waals surface area (Å²) >= 11 is 0. The van der Waals surface area contributed by atoms with Crippen molar-refractivity contribution in [2.75, 3.05) is 13.6 Å². The fourth-order valence-electron chi connectivity index (χ4n) is 1.76. The number of carboxylic acid groups (broad SMARTS) is 1. The number of rotatable bonds is 6. The van der Waals surface area contributed by atoms with E-state index in [2.05, 4.69) is 15.3 Å². The summed E-state index contributed by atoms with van der Waals surface area (Å²) in [6, 6.07) is 3.78. The number of aromatic nitrogens is 4. The van der Waals surface area contributed by atoms with Crippen LogP contribution in [0.15, 0.2) is 30.7 Å². The predicted molar refractivity (Wildman–Crippen MR) is 72.6 cm³/mol. The zero-order valence-electron chi connectivity index (χ0n) is 11.5. The number of hydrogen-bond donors (Lipinski definition) is 1. The summed E-state index contributed by atoms with van der Waals surface area (Å²) < 4.78 is 1.12. The van der Waals surface area contributed by atoms with Crippen molar-refractivity contribution in [3.8, 4) is 0 Å². The van der Waals surface area contributed by atoms with Gasteiger partial charge in [-0.3, -0.25) is 14.6 Å². The third-order valence-electron chi connectivity index (χ3n) is 2.89. The van der Waals surface area contributed by atoms with Crippen LogP contribution in [0.5, 0.6) is 0 Å². The Bertz CT molecular complexity index is 626. The lowest BCUT2D eigenvalue weighted by atomic mass is 10.2. The second-order valence-corrected chi connectivity index (χ2v) is 4.53. The van der Waals surface area contributed by atoms with Gasteiger partial charge in [-0.05, 0) is 24.1 Å². The molecule has 0 aliphatic carbocycles. The minimum Gasteiger partial charge on any atom is -0.480 e. The molecular formula is C13H15N5O3. The van der Waals surface area contributed by atoms with Gasteiger partial charge in [-0.25, -0.2) is 4.68 Å². The van der Waals surface area contributed by atoms with E-state index in [1.165, 1.54) is 11.1 Å². The maximum absolute atomic E-state index is 12.1. The molecule has 2 aromatic heterocycles. The Labute approximate surface area is 121 Å². The number of nitrogens with zero attached hydrogens (tertiary/aromatic N) is 5. The van der Waals surface area contributed by atoms with E-state index in [4.69, 9.17) is 5.11 Å². The lowest BCUT2D eigenvalue weighted by molar-refractivity contribution is -0.137. The van der Waals surface area contributed by atoms with Gasteiger partial charge >= 0.3 is 5.97 Å². The maximum atomic E-state index is 12.1. The topological polar surface area (TPSA) is 101 Å². The molecule has 8 heteroatoms. The van der Waals surface area contributed by atoms with E-state index in [9.17, 15) is 9.59 Å². The molecule has 0 saturated carbocycles. The lowest BCUT2D eigenvalue weighted by Gasteiger charge is -2.15. The van der Waals surface area contributed by atoms with Crippen LogP contribution < -0.4 is 0 Å². The normalized spacial score (nSPS) is 10.3. The van der Waals surface area contributed by atoms with Crippen molar-refractivity contribution >= 4 is 11.9 Å². The third-order valence-corrected chi connectivity index (χ3v) is 2.89. The summed E-state index contributed by atoms with van der Waals surface area (Å²) in [4.78, 5) is 28.1. The fraction of sp³-hybridized carbons (Fsp3) is 0.308. The van der Waals surface area contributed by atoms with Crippen LogP contribution in [0.1, 0.15) is 16.1 Å². The molecular weight excluding hydrogens is 274 g/mol. The smallest absolute Gasteiger partial charge is 0.325 e. The van der Waals surface area contributed by atoms with Crippen LogP contribution in [0.2, 0.25) is 0 Å². The summed E-state index contributed by atoms with van der Waals surface area (Å²) in [5.41, 5.74) is 1.22. The first-order valence-electron chi connectivity index (χ1n) is 6.32. The molecule has 1 amide bonds. The van der Waals surface area contributed by atoms with Gasteiger partial charge < -0.3 is 10.0 Å². The van der Waals surface area contributed by atoms with Crippen LogP contribution in [0.25, 0.3) is 0 Å². The quantitative estimate of drug-likeness (QED) is 0.807. The summed E-state index contributed by atoms with van der Waals surface area (Å²) in [6.07, 6.45) is 5.44. The fourth-order valence-corrected chi connectivity index (χ4v) is 1.76. The number of pyridine rings is 1. The highest BCUT2D eigenvalue weighted by molar-refractivity contribution is 5.91. The minimum atomic E-state index is -1.04. The molecule has 2 rings (SSSR count). The van der Waals surface area contributed by atoms with Crippen molar-refractivity contribution in [1.29, 1.82) is 0 Å². The van der Waals surface area contributed by atoms with Gasteiger partial charge in [0.05, 0.1) is 6.20 Å². The van der Waals surface area contributed by atoms with Crippen molar-refractivity contribution in [3.05, 3.63) is 42.0 Å². The number of aliphatic carboxylic acids is 1. The Kier molecular flexibility index (Phi) is 4.60. The monoisotopic (exact) mass is 289 g/mol. The van der Waals surface area contributed by atoms with Crippen LogP contribution in [0.4, 0.5) is 0 Å². The number of carboxylic acids is 1. The third kappa shape index (κ3) is 4.10. The number of carbonyl (C=O) groups is 2. The van der Waals surface area contributed by atoms with Crippen molar-refractivity contribution in [1.82, 2.24) is 24.9 Å². The van der Waals surface area contributed by atoms with Crippen molar-refractivity contribution in [2.24, 2.45) is 0 Å². The van der Waals surface area contributed by atoms with Gasteiger partial charge in [-0.15, -0.1) is 5.10 Å². The number of hydrogen-bond acceptors (Lipinski definition) is 5. The lowest BCUT2D eigenvalue weighted by Crippen LogP contribution is -2.29. The van der Waals surface area contributed by atoms with Gasteiger partial charge in [0.15, 0.2) is 5.69 Å². The first kappa shape index (κ1) is 14.6. The molecule has 0 fully saturated rings. The molecule has 8 nitrogen and oxygen atoms in total. The van der Waals surface area contributed by atoms with Crippen molar-refractivity contribution in [2.45, 2.75) is 13.0 Å². The molecule has 0 radical (unpaired) electrons. The van der Waals surface area contributed by atoms with E-state index >= 15 is 0 Å². The van der Waals surface area contributed by atoms with E-state index in [1.807, 2.05) is 12.1 Å². The van der Waals surface area contributed by atoms with Gasteiger partial charge in [0.1, 0.15) is 6.54 Å². The Morgan fingerprint density at radius 2 is 2.05 bits per heavy atom. The Balaban J connectivity index is 1.92. The zero-order chi connectivity index (χ0) is 15.2. The van der Waals surface area contributed by atoms with Crippen LogP contribution in [0.3, 0.4) is 0 Å². The molecule has 0 aliphatic rings. The molecule has 110 valence electrons. The van der Waals surface area contributed by atoms with Gasteiger partial charge in [0.2, 0.25) is 0 Å². The molecule has 0 saturated heterocycles. The van der Waals surface area contributed by atoms with Gasteiger partial charge in [-0.2, -0.15) is 0 Å². The number of carbonyl (C=O) groups excluding carboxylic acids is 1. The summed E-state index contributed by atoms with van der Waals surface area (Å²) in [5.74, 6) is -1.33. The van der Waals surface area contributed by atoms with Gasteiger partial charge in [-0.1, -0.05) is 5.21 Å². The van der Waals surface area contributed by atoms with E-state index < -0.39 is 5.97 Å². The van der Waals surface area contributed by atoms with Crippen LogP contribution >= 0.6 is 0 Å². The summed E-state index contributed by atoms with van der Waals surface area (Å²) in [7, 11) is 1.67. The van der Waals surface area contributed by atoms with Crippen LogP contribution in [-0.4, -0.2) is 55.5 Å². The van der Waals surface area contributed by atoms with Gasteiger partial charge in [0.25, 0.3) is 5.91 Å². The summed E-state index contributed by atoms with van der Waals surface area (Å²) in [6.45, 7) is 0.204. The zero-order valence-corrected chi connectivity index (χ0v) is 11.5. The second-order valence-electron chi connectivity index (χ2n) is 4.53. The molecule has 0 atom stereocenters. The SMILES string of the molecule is CN(CCc1ccncc1)C(=O)c1cn(CC(=O)O)nn1. The highest BCUT2D eigenvalue weighted by Gasteiger charge is 2.16. The maximum Gasteiger partial charge on any atom is 0.325 e. The Hall–Kier alpha value is -2.77. The van der Waals surface area contributed by atoms with Crippen LogP contribution in [0, 0.1) is 0 Å². The Morgan fingerprint density at radius 3 is 2.71 bits per heavy atom. The Morgan fingerprint density at radius 1 is 1.33 bits per heavy atom. The number of amides is 1. The van der Waals surface area contributed by atoms with Crippen molar-refractivity contribution in [3.63, 3.8) is 0 Å². The first-order chi connectivity index (χ1) is 10.1. The van der Waals surface area contributed by atoms with E-state index in [1.54, 1.807) is 19.4 Å². The molecule has 0 spiro atoms. The highest BCUT2D eigenvalue weighted by Crippen LogP contribution is 2.03. The minimum absolute atomic E-state index is 0.133. The molecule has 0 bridgehead atoms. The molecule has 0 unspecified atom stereocenters. The van der Waals surface area contributed by atoms with Crippen molar-refractivity contribution < 1.29 is 14.7 Å². The standard InChI is InChI=1S/C13H15N5O3/c1-17(7-4-10-2-5-14-6-3-10)13(21)11-8-18(16-15-11)9-12(19)20/h2-3,5-6,8H,4,7,9H2,1H3,(H,19,20). The number of likely N-dealkylation sites (N-methyl/N-ethyl adjacent to an activating group) is 1. The molecule has 21 heavy (non-hydrogen) atoms. The first-order valence-corrected chi connectivity index (χ1v) is 6.32. The van der Waals surface area contributed by atoms with Gasteiger partial charge in [0, 0.05) is 26.0 Å². The average Bonchev–Trinajstić information content (AvgIpc) is 2.92. The largest absolute Gasteiger partial charge is 0.480 e. The predicted octanol–water partition coefficient (Wildman–Crippen LogP) is 0.0724. The summed E-state index contributed by atoms with van der Waals surface area (Å²) in [5, 5.41) is 15.9. The second kappa shape index (κ2) is 6.60. The van der Waals surface area contributed by atoms with E-state index in [0.29, 0.717) is 13.0 Å². The molecule has 0 aromatic carbocycles. The van der Waals surface area contributed by atoms with E-state index in [0.717, 1.165) is 10.2 Å². The molecule has 0 aliphatic heterocycles. The van der Waals surface area contributed by atoms with Crippen LogP contribution in [-0.2, 0) is 17.8 Å². The molecule has 1 N–H and O–H groups in total. The molecule has 2 heterocycles. The van der Waals surface area contributed by atoms with E-state index in [-0.39, 0.29) is 18.1 Å². The highest BCUT2D eigenvalue weighted by atomic mass is 16.4. The molecule has 2 aromatic rings. The average molecular weight is 289 g/mol.